The van der Waals surface area contributed by atoms with Gasteiger partial charge in [-0.1, -0.05) is 18.5 Å². The smallest absolute Gasteiger partial charge is 0.269 e. The molecule has 0 atom stereocenters. The molecule has 2 N–H and O–H groups in total. The molecule has 6 heteroatoms. The molecule has 0 aliphatic rings. The van der Waals surface area contributed by atoms with Gasteiger partial charge >= 0.3 is 0 Å². The van der Waals surface area contributed by atoms with Crippen molar-refractivity contribution in [3.8, 4) is 0 Å². The molecule has 1 rings (SSSR count). The van der Waals surface area contributed by atoms with Crippen LogP contribution in [0.1, 0.15) is 23.7 Å². The SMILES string of the molecule is CCC(=O)NNC(=O)c1ccc(F)c(Cl)c1. The van der Waals surface area contributed by atoms with Crippen molar-refractivity contribution in [1.82, 2.24) is 10.9 Å². The molecule has 0 bridgehead atoms. The van der Waals surface area contributed by atoms with E-state index >= 15 is 0 Å². The minimum atomic E-state index is -0.601. The number of hydrogen-bond acceptors (Lipinski definition) is 2. The highest BCUT2D eigenvalue weighted by atomic mass is 35.5. The summed E-state index contributed by atoms with van der Waals surface area (Å²) in [5.41, 5.74) is 4.54. The zero-order chi connectivity index (χ0) is 12.1. The Morgan fingerprint density at radius 3 is 2.62 bits per heavy atom. The van der Waals surface area contributed by atoms with Gasteiger partial charge in [0.2, 0.25) is 5.91 Å². The van der Waals surface area contributed by atoms with Gasteiger partial charge in [0.15, 0.2) is 0 Å². The molecule has 1 aromatic carbocycles. The Morgan fingerprint density at radius 1 is 1.38 bits per heavy atom. The van der Waals surface area contributed by atoms with Gasteiger partial charge in [0.1, 0.15) is 5.82 Å². The monoisotopic (exact) mass is 244 g/mol. The number of hydrazine groups is 1. The van der Waals surface area contributed by atoms with Gasteiger partial charge in [-0.25, -0.2) is 4.39 Å². The van der Waals surface area contributed by atoms with E-state index in [-0.39, 0.29) is 22.9 Å². The minimum Gasteiger partial charge on any atom is -0.273 e. The van der Waals surface area contributed by atoms with E-state index in [2.05, 4.69) is 10.9 Å². The molecule has 1 aromatic rings. The maximum absolute atomic E-state index is 12.8. The normalized spacial score (nSPS) is 9.69. The largest absolute Gasteiger partial charge is 0.273 e. The first kappa shape index (κ1) is 12.4. The molecule has 0 unspecified atom stereocenters. The van der Waals surface area contributed by atoms with E-state index in [1.54, 1.807) is 6.92 Å². The molecule has 0 radical (unpaired) electrons. The topological polar surface area (TPSA) is 58.2 Å². The van der Waals surface area contributed by atoms with E-state index < -0.39 is 11.7 Å². The van der Waals surface area contributed by atoms with Crippen molar-refractivity contribution in [3.05, 3.63) is 34.6 Å². The molecule has 0 aliphatic heterocycles. The van der Waals surface area contributed by atoms with Gasteiger partial charge in [-0.15, -0.1) is 0 Å². The second kappa shape index (κ2) is 5.46. The number of benzene rings is 1. The van der Waals surface area contributed by atoms with E-state index in [1.165, 1.54) is 12.1 Å². The van der Waals surface area contributed by atoms with Crippen molar-refractivity contribution < 1.29 is 14.0 Å². The summed E-state index contributed by atoms with van der Waals surface area (Å²) in [4.78, 5) is 22.3. The number of nitrogens with one attached hydrogen (secondary N) is 2. The molecule has 0 aliphatic carbocycles. The lowest BCUT2D eigenvalue weighted by Crippen LogP contribution is -2.41. The van der Waals surface area contributed by atoms with Crippen molar-refractivity contribution in [2.75, 3.05) is 0 Å². The predicted octanol–water partition coefficient (Wildman–Crippen LogP) is 1.65. The van der Waals surface area contributed by atoms with Gasteiger partial charge in [-0.05, 0) is 18.2 Å². The number of amides is 2. The highest BCUT2D eigenvalue weighted by Gasteiger charge is 2.08. The van der Waals surface area contributed by atoms with Crippen LogP contribution in [0.3, 0.4) is 0 Å². The van der Waals surface area contributed by atoms with Crippen LogP contribution in [-0.2, 0) is 4.79 Å². The Morgan fingerprint density at radius 2 is 2.06 bits per heavy atom. The number of carbonyl (C=O) groups is 2. The highest BCUT2D eigenvalue weighted by Crippen LogP contribution is 2.15. The third-order valence-corrected chi connectivity index (χ3v) is 2.11. The zero-order valence-corrected chi connectivity index (χ0v) is 9.27. The van der Waals surface area contributed by atoms with E-state index in [0.29, 0.717) is 0 Å². The Kier molecular flexibility index (Phi) is 4.25. The molecule has 0 aromatic heterocycles. The first-order valence-electron chi connectivity index (χ1n) is 4.58. The van der Waals surface area contributed by atoms with Crippen LogP contribution in [0.5, 0.6) is 0 Å². The predicted molar refractivity (Wildman–Crippen MR) is 57.3 cm³/mol. The average Bonchev–Trinajstić information content (AvgIpc) is 2.29. The van der Waals surface area contributed by atoms with Crippen LogP contribution in [0.4, 0.5) is 4.39 Å². The Bertz CT molecular complexity index is 423. The fraction of sp³-hybridized carbons (Fsp3) is 0.200. The lowest BCUT2D eigenvalue weighted by Gasteiger charge is -2.06. The fourth-order valence-corrected chi connectivity index (χ4v) is 1.10. The summed E-state index contributed by atoms with van der Waals surface area (Å²) < 4.78 is 12.8. The summed E-state index contributed by atoms with van der Waals surface area (Å²) in [7, 11) is 0. The quantitative estimate of drug-likeness (QED) is 0.778. The molecule has 4 nitrogen and oxygen atoms in total. The summed E-state index contributed by atoms with van der Waals surface area (Å²) in [5.74, 6) is -1.47. The highest BCUT2D eigenvalue weighted by molar-refractivity contribution is 6.31. The van der Waals surface area contributed by atoms with E-state index in [9.17, 15) is 14.0 Å². The number of hydrogen-bond donors (Lipinski definition) is 2. The molecule has 0 fully saturated rings. The molecular formula is C10H10ClFN2O2. The maximum Gasteiger partial charge on any atom is 0.269 e. The summed E-state index contributed by atoms with van der Waals surface area (Å²) in [6.07, 6.45) is 0.254. The molecule has 0 heterocycles. The summed E-state index contributed by atoms with van der Waals surface area (Å²) in [5, 5.41) is -0.144. The molecule has 86 valence electrons. The van der Waals surface area contributed by atoms with Crippen LogP contribution in [-0.4, -0.2) is 11.8 Å². The van der Waals surface area contributed by atoms with Crippen molar-refractivity contribution in [2.45, 2.75) is 13.3 Å². The fourth-order valence-electron chi connectivity index (χ4n) is 0.924. The third-order valence-electron chi connectivity index (χ3n) is 1.82. The summed E-state index contributed by atoms with van der Waals surface area (Å²) in [6.45, 7) is 1.65. The molecule has 0 saturated heterocycles. The van der Waals surface area contributed by atoms with Crippen LogP contribution in [0.2, 0.25) is 5.02 Å². The van der Waals surface area contributed by atoms with Crippen molar-refractivity contribution >= 4 is 23.4 Å². The van der Waals surface area contributed by atoms with Gasteiger partial charge in [0.05, 0.1) is 5.02 Å². The molecule has 2 amide bonds. The molecule has 0 spiro atoms. The average molecular weight is 245 g/mol. The lowest BCUT2D eigenvalue weighted by molar-refractivity contribution is -0.121. The minimum absolute atomic E-state index is 0.144. The second-order valence-corrected chi connectivity index (χ2v) is 3.39. The van der Waals surface area contributed by atoms with Gasteiger partial charge in [-0.2, -0.15) is 0 Å². The maximum atomic E-state index is 12.8. The number of rotatable bonds is 2. The van der Waals surface area contributed by atoms with Gasteiger partial charge in [-0.3, -0.25) is 20.4 Å². The number of carbonyl (C=O) groups excluding carboxylic acids is 2. The summed E-state index contributed by atoms with van der Waals surface area (Å²) in [6, 6.07) is 3.54. The van der Waals surface area contributed by atoms with Crippen LogP contribution < -0.4 is 10.9 Å². The van der Waals surface area contributed by atoms with Crippen molar-refractivity contribution in [2.24, 2.45) is 0 Å². The van der Waals surface area contributed by atoms with E-state index in [1.807, 2.05) is 0 Å². The van der Waals surface area contributed by atoms with Gasteiger partial charge < -0.3 is 0 Å². The first-order chi connectivity index (χ1) is 7.54. The van der Waals surface area contributed by atoms with E-state index in [4.69, 9.17) is 11.6 Å². The Hall–Kier alpha value is -1.62. The van der Waals surface area contributed by atoms with E-state index in [0.717, 1.165) is 6.07 Å². The second-order valence-electron chi connectivity index (χ2n) is 2.98. The third kappa shape index (κ3) is 3.20. The molecule has 16 heavy (non-hydrogen) atoms. The zero-order valence-electron chi connectivity index (χ0n) is 8.51. The van der Waals surface area contributed by atoms with Crippen molar-refractivity contribution in [1.29, 1.82) is 0 Å². The van der Waals surface area contributed by atoms with Crippen LogP contribution in [0.15, 0.2) is 18.2 Å². The van der Waals surface area contributed by atoms with Gasteiger partial charge in [0.25, 0.3) is 5.91 Å². The lowest BCUT2D eigenvalue weighted by atomic mass is 10.2. The Balaban J connectivity index is 2.66. The van der Waals surface area contributed by atoms with Crippen LogP contribution >= 0.6 is 11.6 Å². The van der Waals surface area contributed by atoms with Crippen LogP contribution in [0.25, 0.3) is 0 Å². The summed E-state index contributed by atoms with van der Waals surface area (Å²) >= 11 is 5.51. The van der Waals surface area contributed by atoms with Crippen LogP contribution in [0, 0.1) is 5.82 Å². The standard InChI is InChI=1S/C10H10ClFN2O2/c1-2-9(15)13-14-10(16)6-3-4-8(12)7(11)5-6/h3-5H,2H2,1H3,(H,13,15)(H,14,16). The van der Waals surface area contributed by atoms with Gasteiger partial charge in [0, 0.05) is 12.0 Å². The van der Waals surface area contributed by atoms with Crippen molar-refractivity contribution in [3.63, 3.8) is 0 Å². The first-order valence-corrected chi connectivity index (χ1v) is 4.96. The molecular weight excluding hydrogens is 235 g/mol. The number of halogens is 2. The Labute approximate surface area is 96.8 Å². The molecule has 0 saturated carbocycles.